The molecule has 1 aliphatic heterocycles. The Morgan fingerprint density at radius 3 is 2.49 bits per heavy atom. The van der Waals surface area contributed by atoms with Gasteiger partial charge >= 0.3 is 0 Å². The van der Waals surface area contributed by atoms with Crippen LogP contribution in [0.1, 0.15) is 22.2 Å². The van der Waals surface area contributed by atoms with Crippen LogP contribution in [0.3, 0.4) is 0 Å². The number of ketones is 1. The fraction of sp³-hybridized carbons (Fsp3) is 0.115. The standard InChI is InChI=1S/C26H19ClN2O6/c1-33-18-6-4-3-5-17(18)29-22(14-7-9-28-10-8-14)21(24(31)26(29)32)23(30)19-12-15-11-16(27)13-20(34-2)25(15)35-19/h3-13,22,31H,1-2H3. The molecule has 0 spiro atoms. The van der Waals surface area contributed by atoms with Crippen molar-refractivity contribution in [3.63, 3.8) is 0 Å². The lowest BCUT2D eigenvalue weighted by Crippen LogP contribution is -2.31. The van der Waals surface area contributed by atoms with E-state index < -0.39 is 23.5 Å². The molecule has 1 unspecified atom stereocenters. The van der Waals surface area contributed by atoms with E-state index in [0.29, 0.717) is 38.7 Å². The Kier molecular flexibility index (Phi) is 5.66. The Bertz CT molecular complexity index is 1490. The van der Waals surface area contributed by atoms with Crippen LogP contribution in [-0.4, -0.2) is 36.0 Å². The van der Waals surface area contributed by atoms with Crippen molar-refractivity contribution >= 4 is 39.9 Å². The molecule has 0 fully saturated rings. The van der Waals surface area contributed by atoms with Gasteiger partial charge in [0.15, 0.2) is 22.9 Å². The monoisotopic (exact) mass is 490 g/mol. The van der Waals surface area contributed by atoms with Crippen molar-refractivity contribution in [1.82, 2.24) is 4.98 Å². The van der Waals surface area contributed by atoms with Gasteiger partial charge in [0, 0.05) is 28.9 Å². The zero-order valence-electron chi connectivity index (χ0n) is 18.7. The van der Waals surface area contributed by atoms with Crippen LogP contribution in [0.5, 0.6) is 11.5 Å². The molecule has 5 rings (SSSR count). The van der Waals surface area contributed by atoms with E-state index in [9.17, 15) is 14.7 Å². The van der Waals surface area contributed by atoms with Crippen molar-refractivity contribution in [3.05, 3.63) is 94.7 Å². The number of carbonyl (C=O) groups excluding carboxylic acids is 2. The minimum Gasteiger partial charge on any atom is -0.503 e. The second kappa shape index (κ2) is 8.81. The number of benzene rings is 2. The fourth-order valence-corrected chi connectivity index (χ4v) is 4.47. The van der Waals surface area contributed by atoms with E-state index in [0.717, 1.165) is 0 Å². The van der Waals surface area contributed by atoms with Crippen LogP contribution in [0.25, 0.3) is 11.0 Å². The number of fused-ring (bicyclic) bond motifs is 1. The van der Waals surface area contributed by atoms with E-state index >= 15 is 0 Å². The highest BCUT2D eigenvalue weighted by molar-refractivity contribution is 6.31. The number of rotatable bonds is 6. The summed E-state index contributed by atoms with van der Waals surface area (Å²) in [4.78, 5) is 32.5. The fourth-order valence-electron chi connectivity index (χ4n) is 4.26. The van der Waals surface area contributed by atoms with Gasteiger partial charge in [0.2, 0.25) is 5.78 Å². The van der Waals surface area contributed by atoms with Crippen molar-refractivity contribution in [1.29, 1.82) is 0 Å². The van der Waals surface area contributed by atoms with Crippen LogP contribution >= 0.6 is 11.6 Å². The summed E-state index contributed by atoms with van der Waals surface area (Å²) in [6.45, 7) is 0. The number of Topliss-reactive ketones (excluding diaryl/α,β-unsaturated/α-hetero) is 1. The van der Waals surface area contributed by atoms with Crippen molar-refractivity contribution in [2.24, 2.45) is 0 Å². The molecule has 0 aliphatic carbocycles. The van der Waals surface area contributed by atoms with Gasteiger partial charge in [0.1, 0.15) is 5.75 Å². The first-order valence-electron chi connectivity index (χ1n) is 10.6. The van der Waals surface area contributed by atoms with Gasteiger partial charge in [-0.15, -0.1) is 0 Å². The molecule has 1 N–H and O–H groups in total. The predicted molar refractivity (Wildman–Crippen MR) is 129 cm³/mol. The quantitative estimate of drug-likeness (QED) is 0.367. The average molecular weight is 491 g/mol. The summed E-state index contributed by atoms with van der Waals surface area (Å²) >= 11 is 6.15. The second-order valence-corrected chi connectivity index (χ2v) is 8.19. The smallest absolute Gasteiger partial charge is 0.294 e. The lowest BCUT2D eigenvalue weighted by molar-refractivity contribution is -0.117. The van der Waals surface area contributed by atoms with Crippen molar-refractivity contribution < 1.29 is 28.6 Å². The number of halogens is 1. The Morgan fingerprint density at radius 1 is 1.06 bits per heavy atom. The summed E-state index contributed by atoms with van der Waals surface area (Å²) in [5.41, 5.74) is 1.17. The van der Waals surface area contributed by atoms with E-state index in [2.05, 4.69) is 4.98 Å². The predicted octanol–water partition coefficient (Wildman–Crippen LogP) is 5.28. The molecule has 1 amide bonds. The SMILES string of the molecule is COc1ccccc1N1C(=O)C(O)=C(C(=O)c2cc3cc(Cl)cc(OC)c3o2)C1c1ccncc1. The van der Waals surface area contributed by atoms with Gasteiger partial charge < -0.3 is 19.0 Å². The molecule has 0 saturated heterocycles. The number of aliphatic hydroxyl groups excluding tert-OH is 1. The Labute approximate surface area is 205 Å². The van der Waals surface area contributed by atoms with E-state index in [1.54, 1.807) is 60.9 Å². The number of furan rings is 1. The maximum absolute atomic E-state index is 13.8. The topological polar surface area (TPSA) is 102 Å². The number of ether oxygens (including phenoxy) is 2. The molecule has 3 heterocycles. The first-order valence-corrected chi connectivity index (χ1v) is 10.9. The number of aliphatic hydroxyl groups is 1. The number of para-hydroxylation sites is 2. The molecule has 176 valence electrons. The van der Waals surface area contributed by atoms with Gasteiger partial charge in [-0.05, 0) is 42.0 Å². The Hall–Kier alpha value is -4.30. The highest BCUT2D eigenvalue weighted by Crippen LogP contribution is 2.45. The number of amides is 1. The van der Waals surface area contributed by atoms with Crippen LogP contribution in [0, 0.1) is 0 Å². The summed E-state index contributed by atoms with van der Waals surface area (Å²) < 4.78 is 16.6. The maximum Gasteiger partial charge on any atom is 0.294 e. The van der Waals surface area contributed by atoms with E-state index in [1.165, 1.54) is 25.2 Å². The number of hydrogen-bond donors (Lipinski definition) is 1. The summed E-state index contributed by atoms with van der Waals surface area (Å²) in [7, 11) is 2.94. The number of nitrogens with zero attached hydrogens (tertiary/aromatic N) is 2. The third kappa shape index (κ3) is 3.68. The number of aromatic nitrogens is 1. The lowest BCUT2D eigenvalue weighted by atomic mass is 9.95. The zero-order valence-corrected chi connectivity index (χ0v) is 19.4. The van der Waals surface area contributed by atoms with Crippen molar-refractivity contribution in [3.8, 4) is 11.5 Å². The number of anilines is 1. The van der Waals surface area contributed by atoms with Gasteiger partial charge in [-0.1, -0.05) is 23.7 Å². The van der Waals surface area contributed by atoms with Crippen LogP contribution in [0.15, 0.2) is 82.7 Å². The number of pyridine rings is 1. The summed E-state index contributed by atoms with van der Waals surface area (Å²) in [6.07, 6.45) is 3.09. The van der Waals surface area contributed by atoms with Crippen molar-refractivity contribution in [2.45, 2.75) is 6.04 Å². The normalized spacial score (nSPS) is 15.7. The molecule has 2 aromatic heterocycles. The van der Waals surface area contributed by atoms with Crippen LogP contribution < -0.4 is 14.4 Å². The van der Waals surface area contributed by atoms with Crippen LogP contribution in [-0.2, 0) is 4.79 Å². The second-order valence-electron chi connectivity index (χ2n) is 7.76. The van der Waals surface area contributed by atoms with E-state index in [4.69, 9.17) is 25.5 Å². The van der Waals surface area contributed by atoms with Gasteiger partial charge in [0.25, 0.3) is 5.91 Å². The molecule has 0 radical (unpaired) electrons. The van der Waals surface area contributed by atoms with Crippen molar-refractivity contribution in [2.75, 3.05) is 19.1 Å². The van der Waals surface area contributed by atoms with E-state index in [-0.39, 0.29) is 11.3 Å². The first kappa shape index (κ1) is 22.5. The maximum atomic E-state index is 13.8. The molecule has 1 aliphatic rings. The molecule has 1 atom stereocenters. The summed E-state index contributed by atoms with van der Waals surface area (Å²) in [5.74, 6) is -1.37. The van der Waals surface area contributed by atoms with Gasteiger partial charge in [-0.25, -0.2) is 0 Å². The number of methoxy groups -OCH3 is 2. The minimum absolute atomic E-state index is 0.0733. The highest BCUT2D eigenvalue weighted by Gasteiger charge is 2.46. The van der Waals surface area contributed by atoms with E-state index in [1.807, 2.05) is 0 Å². The Balaban J connectivity index is 1.68. The lowest BCUT2D eigenvalue weighted by Gasteiger charge is -2.27. The van der Waals surface area contributed by atoms with Crippen LogP contribution in [0.4, 0.5) is 5.69 Å². The first-order chi connectivity index (χ1) is 16.9. The van der Waals surface area contributed by atoms with Gasteiger partial charge in [0.05, 0.1) is 31.5 Å². The Morgan fingerprint density at radius 2 is 1.77 bits per heavy atom. The minimum atomic E-state index is -0.951. The molecule has 9 heteroatoms. The van der Waals surface area contributed by atoms with Gasteiger partial charge in [-0.2, -0.15) is 0 Å². The highest BCUT2D eigenvalue weighted by atomic mass is 35.5. The average Bonchev–Trinajstić information content (AvgIpc) is 3.42. The molecule has 35 heavy (non-hydrogen) atoms. The molecular weight excluding hydrogens is 472 g/mol. The molecule has 2 aromatic carbocycles. The summed E-state index contributed by atoms with van der Waals surface area (Å²) in [5, 5.41) is 11.9. The molecule has 0 bridgehead atoms. The third-order valence-corrected chi connectivity index (χ3v) is 6.03. The van der Waals surface area contributed by atoms with Crippen LogP contribution in [0.2, 0.25) is 5.02 Å². The molecule has 8 nitrogen and oxygen atoms in total. The largest absolute Gasteiger partial charge is 0.503 e. The third-order valence-electron chi connectivity index (χ3n) is 5.81. The molecule has 4 aromatic rings. The van der Waals surface area contributed by atoms with Gasteiger partial charge in [-0.3, -0.25) is 19.5 Å². The zero-order chi connectivity index (χ0) is 24.7. The number of hydrogen-bond acceptors (Lipinski definition) is 7. The molecule has 0 saturated carbocycles. The summed E-state index contributed by atoms with van der Waals surface area (Å²) in [6, 6.07) is 14.0. The number of carbonyl (C=O) groups is 2. The molecular formula is C26H19ClN2O6.